The Kier molecular flexibility index (Phi) is 5.60. The molecule has 0 aliphatic rings. The van der Waals surface area contributed by atoms with Gasteiger partial charge in [-0.1, -0.05) is 41.9 Å². The van der Waals surface area contributed by atoms with Gasteiger partial charge in [0.2, 0.25) is 4.77 Å². The third-order valence-electron chi connectivity index (χ3n) is 3.55. The molecule has 8 heteroatoms. The van der Waals surface area contributed by atoms with Crippen LogP contribution in [0.3, 0.4) is 0 Å². The number of ether oxygens (including phenoxy) is 1. The molecule has 26 heavy (non-hydrogen) atoms. The van der Waals surface area contributed by atoms with Crippen molar-refractivity contribution in [2.24, 2.45) is 5.10 Å². The summed E-state index contributed by atoms with van der Waals surface area (Å²) in [5.74, 6) is 0.664. The molecule has 0 atom stereocenters. The fourth-order valence-electron chi connectivity index (χ4n) is 2.16. The normalized spacial score (nSPS) is 11.0. The second kappa shape index (κ2) is 8.07. The molecular weight excluding hydrogens is 372 g/mol. The molecule has 0 fully saturated rings. The Balaban J connectivity index is 1.78. The molecule has 3 rings (SSSR count). The summed E-state index contributed by atoms with van der Waals surface area (Å²) in [5, 5.41) is 11.2. The molecular formula is C18H15ClN4O2S. The average molecular weight is 387 g/mol. The quantitative estimate of drug-likeness (QED) is 0.535. The Labute approximate surface area is 159 Å². The fourth-order valence-corrected chi connectivity index (χ4v) is 2.53. The van der Waals surface area contributed by atoms with Crippen LogP contribution in [0.1, 0.15) is 16.8 Å². The fraction of sp³-hybridized carbons (Fsp3) is 0.111. The van der Waals surface area contributed by atoms with Crippen molar-refractivity contribution in [3.05, 3.63) is 85.5 Å². The second-order valence-corrected chi connectivity index (χ2v) is 6.22. The number of benzene rings is 2. The number of aromatic nitrogens is 3. The second-order valence-electron chi connectivity index (χ2n) is 5.43. The predicted octanol–water partition coefficient (Wildman–Crippen LogP) is 3.72. The number of rotatable bonds is 5. The van der Waals surface area contributed by atoms with Crippen LogP contribution in [0, 0.1) is 11.7 Å². The Morgan fingerprint density at radius 2 is 2.12 bits per heavy atom. The van der Waals surface area contributed by atoms with E-state index in [0.717, 1.165) is 15.8 Å². The van der Waals surface area contributed by atoms with E-state index in [4.69, 9.17) is 28.6 Å². The number of aryl methyl sites for hydroxylation is 1. The first-order valence-corrected chi connectivity index (χ1v) is 8.52. The van der Waals surface area contributed by atoms with E-state index in [-0.39, 0.29) is 16.0 Å². The summed E-state index contributed by atoms with van der Waals surface area (Å²) >= 11 is 11.2. The predicted molar refractivity (Wildman–Crippen MR) is 104 cm³/mol. The molecule has 0 saturated heterocycles. The summed E-state index contributed by atoms with van der Waals surface area (Å²) in [5.41, 5.74) is 1.58. The molecule has 2 aromatic carbocycles. The van der Waals surface area contributed by atoms with E-state index in [0.29, 0.717) is 17.4 Å². The highest BCUT2D eigenvalue weighted by molar-refractivity contribution is 7.71. The lowest BCUT2D eigenvalue weighted by Gasteiger charge is -2.08. The lowest BCUT2D eigenvalue weighted by molar-refractivity contribution is 0.306. The van der Waals surface area contributed by atoms with E-state index in [2.05, 4.69) is 15.3 Å². The van der Waals surface area contributed by atoms with Gasteiger partial charge in [0.15, 0.2) is 0 Å². The van der Waals surface area contributed by atoms with Crippen molar-refractivity contribution in [1.82, 2.24) is 14.9 Å². The molecule has 3 aromatic rings. The lowest BCUT2D eigenvalue weighted by atomic mass is 10.2. The van der Waals surface area contributed by atoms with Crippen molar-refractivity contribution in [3.63, 3.8) is 0 Å². The lowest BCUT2D eigenvalue weighted by Crippen LogP contribution is -2.22. The maximum Gasteiger partial charge on any atom is 0.296 e. The summed E-state index contributed by atoms with van der Waals surface area (Å²) in [4.78, 5) is 12.0. The summed E-state index contributed by atoms with van der Waals surface area (Å²) < 4.78 is 7.00. The van der Waals surface area contributed by atoms with Gasteiger partial charge in [-0.2, -0.15) is 14.9 Å². The van der Waals surface area contributed by atoms with E-state index < -0.39 is 0 Å². The maximum atomic E-state index is 12.0. The van der Waals surface area contributed by atoms with Crippen LogP contribution in [0.5, 0.6) is 5.75 Å². The van der Waals surface area contributed by atoms with Gasteiger partial charge in [0.25, 0.3) is 5.56 Å². The Morgan fingerprint density at radius 1 is 1.31 bits per heavy atom. The van der Waals surface area contributed by atoms with Crippen LogP contribution in [-0.4, -0.2) is 21.1 Å². The highest BCUT2D eigenvalue weighted by atomic mass is 35.5. The van der Waals surface area contributed by atoms with Crippen molar-refractivity contribution >= 4 is 30.0 Å². The van der Waals surface area contributed by atoms with Gasteiger partial charge in [0.1, 0.15) is 18.1 Å². The highest BCUT2D eigenvalue weighted by Gasteiger charge is 2.03. The largest absolute Gasteiger partial charge is 0.489 e. The summed E-state index contributed by atoms with van der Waals surface area (Å²) in [6, 6.07) is 14.8. The standard InChI is InChI=1S/C18H15ClN4O2S/c1-12-17(24)23(18(26)22-21-12)20-10-13-5-4-7-15(9-13)25-11-14-6-2-3-8-16(14)19/h2-10H,11H2,1H3,(H,22,26)/b20-10+. The van der Waals surface area contributed by atoms with E-state index in [9.17, 15) is 4.79 Å². The topological polar surface area (TPSA) is 72.3 Å². The van der Waals surface area contributed by atoms with Crippen LogP contribution in [0.4, 0.5) is 0 Å². The van der Waals surface area contributed by atoms with E-state index >= 15 is 0 Å². The van der Waals surface area contributed by atoms with Crippen LogP contribution >= 0.6 is 23.8 Å². The minimum absolute atomic E-state index is 0.128. The Hall–Kier alpha value is -2.77. The van der Waals surface area contributed by atoms with Gasteiger partial charge in [-0.25, -0.2) is 0 Å². The third kappa shape index (κ3) is 4.25. The van der Waals surface area contributed by atoms with Gasteiger partial charge < -0.3 is 4.74 Å². The van der Waals surface area contributed by atoms with Crippen LogP contribution in [0.2, 0.25) is 5.02 Å². The molecule has 1 aromatic heterocycles. The summed E-state index contributed by atoms with van der Waals surface area (Å²) in [6.45, 7) is 1.94. The molecule has 0 spiro atoms. The van der Waals surface area contributed by atoms with Gasteiger partial charge >= 0.3 is 0 Å². The van der Waals surface area contributed by atoms with Crippen molar-refractivity contribution in [1.29, 1.82) is 0 Å². The molecule has 132 valence electrons. The molecule has 1 heterocycles. The first-order chi connectivity index (χ1) is 12.5. The Bertz CT molecular complexity index is 1080. The van der Waals surface area contributed by atoms with Gasteiger partial charge in [0, 0.05) is 10.6 Å². The molecule has 0 amide bonds. The van der Waals surface area contributed by atoms with E-state index in [1.807, 2.05) is 48.5 Å². The number of halogens is 1. The minimum atomic E-state index is -0.365. The zero-order valence-electron chi connectivity index (χ0n) is 13.8. The molecule has 0 unspecified atom stereocenters. The third-order valence-corrected chi connectivity index (χ3v) is 4.18. The van der Waals surface area contributed by atoms with Gasteiger partial charge in [-0.15, -0.1) is 0 Å². The van der Waals surface area contributed by atoms with Gasteiger partial charge in [-0.3, -0.25) is 9.89 Å². The molecule has 0 aliphatic heterocycles. The van der Waals surface area contributed by atoms with E-state index in [1.54, 1.807) is 6.92 Å². The number of hydrogen-bond donors (Lipinski definition) is 1. The van der Waals surface area contributed by atoms with E-state index in [1.165, 1.54) is 6.21 Å². The van der Waals surface area contributed by atoms with Crippen molar-refractivity contribution in [2.75, 3.05) is 0 Å². The van der Waals surface area contributed by atoms with Crippen LogP contribution in [0.25, 0.3) is 0 Å². The zero-order chi connectivity index (χ0) is 18.5. The average Bonchev–Trinajstić information content (AvgIpc) is 2.65. The first kappa shape index (κ1) is 18.0. The van der Waals surface area contributed by atoms with Crippen molar-refractivity contribution in [3.8, 4) is 5.75 Å². The highest BCUT2D eigenvalue weighted by Crippen LogP contribution is 2.19. The number of nitrogens with one attached hydrogen (secondary N) is 1. The van der Waals surface area contributed by atoms with Crippen LogP contribution in [0.15, 0.2) is 58.4 Å². The smallest absolute Gasteiger partial charge is 0.296 e. The van der Waals surface area contributed by atoms with Crippen LogP contribution < -0.4 is 10.3 Å². The Morgan fingerprint density at radius 3 is 2.92 bits per heavy atom. The monoisotopic (exact) mass is 386 g/mol. The molecule has 0 radical (unpaired) electrons. The maximum absolute atomic E-state index is 12.0. The number of nitrogens with zero attached hydrogens (tertiary/aromatic N) is 3. The molecule has 0 aliphatic carbocycles. The first-order valence-electron chi connectivity index (χ1n) is 7.73. The molecule has 0 bridgehead atoms. The van der Waals surface area contributed by atoms with Crippen molar-refractivity contribution in [2.45, 2.75) is 13.5 Å². The zero-order valence-corrected chi connectivity index (χ0v) is 15.4. The molecule has 6 nitrogen and oxygen atoms in total. The number of aromatic amines is 1. The van der Waals surface area contributed by atoms with Gasteiger partial charge in [0.05, 0.1) is 6.21 Å². The van der Waals surface area contributed by atoms with Gasteiger partial charge in [-0.05, 0) is 42.9 Å². The molecule has 1 N–H and O–H groups in total. The van der Waals surface area contributed by atoms with Crippen molar-refractivity contribution < 1.29 is 4.74 Å². The minimum Gasteiger partial charge on any atom is -0.489 e. The number of hydrogen-bond acceptors (Lipinski definition) is 5. The number of H-pyrrole nitrogens is 1. The summed E-state index contributed by atoms with van der Waals surface area (Å²) in [6.07, 6.45) is 1.53. The molecule has 0 saturated carbocycles. The SMILES string of the molecule is Cc1n[nH]c(=S)n(/N=C/c2cccc(OCc3ccccc3Cl)c2)c1=O. The summed E-state index contributed by atoms with van der Waals surface area (Å²) in [7, 11) is 0. The van der Waals surface area contributed by atoms with Crippen LogP contribution in [-0.2, 0) is 6.61 Å².